The van der Waals surface area contributed by atoms with Crippen molar-refractivity contribution in [3.05, 3.63) is 59.2 Å². The third kappa shape index (κ3) is 6.19. The molecule has 1 heterocycles. The van der Waals surface area contributed by atoms with Gasteiger partial charge in [-0.2, -0.15) is 0 Å². The van der Waals surface area contributed by atoms with Crippen LogP contribution >= 0.6 is 0 Å². The van der Waals surface area contributed by atoms with E-state index in [0.29, 0.717) is 0 Å². The fraction of sp³-hybridized carbons (Fsp3) is 0.409. The maximum absolute atomic E-state index is 10.4. The SMILES string of the molecule is C/C=C/C(C)=C/C(C)=O.CC1=CC(C)(C)COc2c(C)cccc21. The summed E-state index contributed by atoms with van der Waals surface area (Å²) in [6, 6.07) is 6.33. The Morgan fingerprint density at radius 2 is 1.88 bits per heavy atom. The zero-order valence-corrected chi connectivity index (χ0v) is 16.1. The first-order chi connectivity index (χ1) is 11.2. The van der Waals surface area contributed by atoms with E-state index >= 15 is 0 Å². The average molecular weight is 326 g/mol. The fourth-order valence-corrected chi connectivity index (χ4v) is 2.75. The largest absolute Gasteiger partial charge is 0.492 e. The number of para-hydroxylation sites is 1. The number of ketones is 1. The van der Waals surface area contributed by atoms with Gasteiger partial charge >= 0.3 is 0 Å². The van der Waals surface area contributed by atoms with Gasteiger partial charge in [0.15, 0.2) is 5.78 Å². The summed E-state index contributed by atoms with van der Waals surface area (Å²) >= 11 is 0. The summed E-state index contributed by atoms with van der Waals surface area (Å²) in [4.78, 5) is 10.4. The Morgan fingerprint density at radius 3 is 2.46 bits per heavy atom. The highest BCUT2D eigenvalue weighted by atomic mass is 16.5. The van der Waals surface area contributed by atoms with E-state index in [4.69, 9.17) is 4.74 Å². The van der Waals surface area contributed by atoms with Gasteiger partial charge in [-0.25, -0.2) is 0 Å². The Morgan fingerprint density at radius 1 is 1.21 bits per heavy atom. The Balaban J connectivity index is 0.000000277. The highest BCUT2D eigenvalue weighted by Crippen LogP contribution is 2.36. The summed E-state index contributed by atoms with van der Waals surface area (Å²) in [5.41, 5.74) is 4.90. The maximum atomic E-state index is 10.4. The zero-order chi connectivity index (χ0) is 18.3. The number of carbonyl (C=O) groups is 1. The maximum Gasteiger partial charge on any atom is 0.152 e. The minimum absolute atomic E-state index is 0.102. The molecule has 0 saturated heterocycles. The van der Waals surface area contributed by atoms with Gasteiger partial charge in [0.2, 0.25) is 0 Å². The molecule has 0 aromatic heterocycles. The third-order valence-electron chi connectivity index (χ3n) is 3.69. The van der Waals surface area contributed by atoms with E-state index in [-0.39, 0.29) is 11.2 Å². The number of rotatable bonds is 2. The van der Waals surface area contributed by atoms with Crippen molar-refractivity contribution in [3.8, 4) is 5.75 Å². The predicted octanol–water partition coefficient (Wildman–Crippen LogP) is 5.91. The van der Waals surface area contributed by atoms with Crippen LogP contribution in [-0.4, -0.2) is 12.4 Å². The van der Waals surface area contributed by atoms with Gasteiger partial charge in [-0.05, 0) is 57.4 Å². The second-order valence-corrected chi connectivity index (χ2v) is 7.06. The molecule has 1 aromatic rings. The molecule has 2 rings (SSSR count). The predicted molar refractivity (Wildman–Crippen MR) is 103 cm³/mol. The van der Waals surface area contributed by atoms with Gasteiger partial charge in [0.1, 0.15) is 5.75 Å². The van der Waals surface area contributed by atoms with Crippen LogP contribution in [0, 0.1) is 12.3 Å². The summed E-state index contributed by atoms with van der Waals surface area (Å²) in [5.74, 6) is 1.16. The van der Waals surface area contributed by atoms with Gasteiger partial charge in [0.05, 0.1) is 6.61 Å². The van der Waals surface area contributed by atoms with Crippen molar-refractivity contribution in [3.63, 3.8) is 0 Å². The van der Waals surface area contributed by atoms with Crippen molar-refractivity contribution in [1.29, 1.82) is 0 Å². The number of hydrogen-bond donors (Lipinski definition) is 0. The highest BCUT2D eigenvalue weighted by Gasteiger charge is 2.22. The Hall–Kier alpha value is -2.09. The quantitative estimate of drug-likeness (QED) is 0.498. The van der Waals surface area contributed by atoms with Crippen LogP contribution in [0.4, 0.5) is 0 Å². The van der Waals surface area contributed by atoms with Crippen LogP contribution < -0.4 is 4.74 Å². The number of fused-ring (bicyclic) bond motifs is 1. The second kappa shape index (κ2) is 8.68. The van der Waals surface area contributed by atoms with Gasteiger partial charge in [-0.15, -0.1) is 0 Å². The molecular weight excluding hydrogens is 296 g/mol. The summed E-state index contributed by atoms with van der Waals surface area (Å²) in [6.45, 7) is 14.8. The lowest BCUT2D eigenvalue weighted by molar-refractivity contribution is -0.112. The number of ether oxygens (including phenoxy) is 1. The summed E-state index contributed by atoms with van der Waals surface area (Å²) < 4.78 is 5.91. The first-order valence-electron chi connectivity index (χ1n) is 8.40. The summed E-state index contributed by atoms with van der Waals surface area (Å²) in [5, 5.41) is 0. The molecular formula is C22H30O2. The van der Waals surface area contributed by atoms with Gasteiger partial charge in [-0.3, -0.25) is 4.79 Å². The molecule has 0 aliphatic carbocycles. The zero-order valence-electron chi connectivity index (χ0n) is 16.1. The smallest absolute Gasteiger partial charge is 0.152 e. The Labute approximate surface area is 146 Å². The molecule has 2 heteroatoms. The molecule has 0 saturated carbocycles. The molecule has 0 atom stereocenters. The van der Waals surface area contributed by atoms with Crippen molar-refractivity contribution in [1.82, 2.24) is 0 Å². The number of hydrogen-bond acceptors (Lipinski definition) is 2. The molecule has 2 nitrogen and oxygen atoms in total. The monoisotopic (exact) mass is 326 g/mol. The molecule has 1 aromatic carbocycles. The molecule has 0 unspecified atom stereocenters. The molecule has 0 radical (unpaired) electrons. The summed E-state index contributed by atoms with van der Waals surface area (Å²) in [6.07, 6.45) is 7.73. The standard InChI is InChI=1S/C14H18O.C8H12O/c1-10-6-5-7-12-11(2)8-14(3,4)9-15-13(10)12;1-4-5-7(2)6-8(3)9/h5-8H,9H2,1-4H3;4-6H,1-3H3/b;5-4+,7-6+. The number of allylic oxidation sites excluding steroid dienone is 5. The van der Waals surface area contributed by atoms with E-state index in [2.05, 4.69) is 52.0 Å². The van der Waals surface area contributed by atoms with E-state index in [1.165, 1.54) is 16.7 Å². The molecule has 130 valence electrons. The second-order valence-electron chi connectivity index (χ2n) is 7.06. The molecule has 24 heavy (non-hydrogen) atoms. The van der Waals surface area contributed by atoms with Crippen LogP contribution in [0.1, 0.15) is 52.7 Å². The van der Waals surface area contributed by atoms with Crippen molar-refractivity contribution < 1.29 is 9.53 Å². The first-order valence-corrected chi connectivity index (χ1v) is 8.40. The van der Waals surface area contributed by atoms with Crippen molar-refractivity contribution in [2.24, 2.45) is 5.41 Å². The lowest BCUT2D eigenvalue weighted by atomic mass is 9.91. The molecule has 0 fully saturated rings. The van der Waals surface area contributed by atoms with E-state index < -0.39 is 0 Å². The van der Waals surface area contributed by atoms with Crippen LogP contribution in [0.15, 0.2) is 48.1 Å². The van der Waals surface area contributed by atoms with Crippen LogP contribution in [0.25, 0.3) is 5.57 Å². The first kappa shape index (κ1) is 20.0. The number of benzene rings is 1. The minimum Gasteiger partial charge on any atom is -0.492 e. The van der Waals surface area contributed by atoms with E-state index in [0.717, 1.165) is 17.9 Å². The molecule has 1 aliphatic heterocycles. The average Bonchev–Trinajstić information content (AvgIpc) is 2.56. The molecule has 0 amide bonds. The van der Waals surface area contributed by atoms with E-state index in [9.17, 15) is 4.79 Å². The summed E-state index contributed by atoms with van der Waals surface area (Å²) in [7, 11) is 0. The van der Waals surface area contributed by atoms with Crippen LogP contribution in [0.3, 0.4) is 0 Å². The van der Waals surface area contributed by atoms with E-state index in [1.54, 1.807) is 13.0 Å². The van der Waals surface area contributed by atoms with Gasteiger partial charge < -0.3 is 4.74 Å². The minimum atomic E-state index is 0.102. The van der Waals surface area contributed by atoms with Gasteiger partial charge in [0, 0.05) is 11.0 Å². The van der Waals surface area contributed by atoms with Crippen molar-refractivity contribution >= 4 is 11.4 Å². The number of carbonyl (C=O) groups excluding carboxylic acids is 1. The topological polar surface area (TPSA) is 26.3 Å². The Kier molecular flexibility index (Phi) is 7.21. The fourth-order valence-electron chi connectivity index (χ4n) is 2.75. The van der Waals surface area contributed by atoms with Crippen molar-refractivity contribution in [2.45, 2.75) is 48.5 Å². The lowest BCUT2D eigenvalue weighted by Gasteiger charge is -2.19. The van der Waals surface area contributed by atoms with E-state index in [1.807, 2.05) is 26.0 Å². The van der Waals surface area contributed by atoms with Crippen molar-refractivity contribution in [2.75, 3.05) is 6.61 Å². The number of aryl methyl sites for hydroxylation is 1. The molecule has 1 aliphatic rings. The highest BCUT2D eigenvalue weighted by molar-refractivity contribution is 5.88. The molecule has 0 N–H and O–H groups in total. The van der Waals surface area contributed by atoms with Crippen LogP contribution in [-0.2, 0) is 4.79 Å². The van der Waals surface area contributed by atoms with Gasteiger partial charge in [-0.1, -0.05) is 50.3 Å². The Bertz CT molecular complexity index is 673. The molecule has 0 spiro atoms. The lowest BCUT2D eigenvalue weighted by Crippen LogP contribution is -2.17. The van der Waals surface area contributed by atoms with Gasteiger partial charge in [0.25, 0.3) is 0 Å². The normalized spacial score (nSPS) is 16.3. The van der Waals surface area contributed by atoms with Crippen LogP contribution in [0.5, 0.6) is 5.75 Å². The van der Waals surface area contributed by atoms with Crippen LogP contribution in [0.2, 0.25) is 0 Å². The third-order valence-corrected chi connectivity index (χ3v) is 3.69. The molecule has 0 bridgehead atoms.